The van der Waals surface area contributed by atoms with Crippen molar-refractivity contribution < 1.29 is 27.9 Å². The Morgan fingerprint density at radius 3 is 2.53 bits per heavy atom. The van der Waals surface area contributed by atoms with E-state index in [1.165, 1.54) is 12.3 Å². The van der Waals surface area contributed by atoms with E-state index in [0.717, 1.165) is 6.07 Å². The van der Waals surface area contributed by atoms with Gasteiger partial charge in [0.05, 0.1) is 52.6 Å². The molecule has 0 aliphatic carbocycles. The molecular formula is C25H22BrF3N6O3. The third-order valence-electron chi connectivity index (χ3n) is 5.72. The van der Waals surface area contributed by atoms with Crippen LogP contribution < -0.4 is 10.6 Å². The molecule has 0 spiro atoms. The van der Waals surface area contributed by atoms with Crippen LogP contribution in [0.5, 0.6) is 0 Å². The van der Waals surface area contributed by atoms with Gasteiger partial charge in [0.25, 0.3) is 11.8 Å². The smallest absolute Gasteiger partial charge is 0.395 e. The zero-order chi connectivity index (χ0) is 27.6. The Kier molecular flexibility index (Phi) is 7.78. The summed E-state index contributed by atoms with van der Waals surface area (Å²) >= 11 is 3.29. The Labute approximate surface area is 223 Å². The Morgan fingerprint density at radius 2 is 1.87 bits per heavy atom. The van der Waals surface area contributed by atoms with E-state index in [0.29, 0.717) is 32.8 Å². The summed E-state index contributed by atoms with van der Waals surface area (Å²) in [5.41, 5.74) is 1.02. The zero-order valence-electron chi connectivity index (χ0n) is 20.2. The number of alkyl halides is 3. The van der Waals surface area contributed by atoms with Crippen molar-refractivity contribution in [3.8, 4) is 0 Å². The van der Waals surface area contributed by atoms with E-state index < -0.39 is 17.8 Å². The summed E-state index contributed by atoms with van der Waals surface area (Å²) in [5, 5.41) is 18.8. The van der Waals surface area contributed by atoms with E-state index in [-0.39, 0.29) is 42.1 Å². The molecule has 0 aliphatic heterocycles. The fourth-order valence-electron chi connectivity index (χ4n) is 3.82. The molecule has 0 saturated heterocycles. The number of fused-ring (bicyclic) bond motifs is 1. The summed E-state index contributed by atoms with van der Waals surface area (Å²) in [6.07, 6.45) is -3.32. The SMILES string of the molecule is Cc1nn(Cc2ccc(C(=O)NCCO)cn2)c(C)c1NC(=O)c1cc(C(F)(F)F)nc2ccc(Br)cc12. The number of aromatic nitrogens is 4. The molecule has 0 atom stereocenters. The van der Waals surface area contributed by atoms with Crippen molar-refractivity contribution >= 4 is 44.3 Å². The van der Waals surface area contributed by atoms with E-state index in [1.807, 2.05) is 0 Å². The van der Waals surface area contributed by atoms with Crippen molar-refractivity contribution in [2.75, 3.05) is 18.5 Å². The van der Waals surface area contributed by atoms with Crippen molar-refractivity contribution in [3.05, 3.63) is 81.0 Å². The molecule has 38 heavy (non-hydrogen) atoms. The standard InChI is InChI=1S/C25H22BrF3N6O3/c1-13-22(14(2)35(34-13)12-17-5-3-15(11-31-17)23(37)30-7-8-36)33-24(38)19-10-21(25(27,28)29)32-20-6-4-16(26)9-18(19)20/h3-6,9-11,36H,7-8,12H2,1-2H3,(H,30,37)(H,33,38). The molecule has 0 saturated carbocycles. The second-order valence-corrected chi connectivity index (χ2v) is 9.31. The Bertz CT molecular complexity index is 1520. The molecule has 1 aromatic carbocycles. The predicted molar refractivity (Wildman–Crippen MR) is 137 cm³/mol. The molecule has 13 heteroatoms. The lowest BCUT2D eigenvalue weighted by atomic mass is 10.1. The van der Waals surface area contributed by atoms with E-state index in [4.69, 9.17) is 5.11 Å². The molecule has 198 valence electrons. The van der Waals surface area contributed by atoms with Crippen LogP contribution in [0.3, 0.4) is 0 Å². The minimum atomic E-state index is -4.73. The minimum absolute atomic E-state index is 0.0388. The van der Waals surface area contributed by atoms with Gasteiger partial charge in [0.2, 0.25) is 0 Å². The van der Waals surface area contributed by atoms with Gasteiger partial charge in [-0.1, -0.05) is 15.9 Å². The summed E-state index contributed by atoms with van der Waals surface area (Å²) < 4.78 is 42.6. The molecule has 3 aromatic heterocycles. The predicted octanol–water partition coefficient (Wildman–Crippen LogP) is 4.25. The monoisotopic (exact) mass is 590 g/mol. The van der Waals surface area contributed by atoms with Crippen LogP contribution >= 0.6 is 15.9 Å². The van der Waals surface area contributed by atoms with Gasteiger partial charge in [-0.15, -0.1) is 0 Å². The molecule has 3 heterocycles. The number of carbonyl (C=O) groups is 2. The summed E-state index contributed by atoms with van der Waals surface area (Å²) in [5.74, 6) is -1.10. The molecule has 0 aliphatic rings. The quantitative estimate of drug-likeness (QED) is 0.296. The van der Waals surface area contributed by atoms with Gasteiger partial charge in [0, 0.05) is 22.6 Å². The highest BCUT2D eigenvalue weighted by Crippen LogP contribution is 2.32. The number of hydrogen-bond acceptors (Lipinski definition) is 6. The lowest BCUT2D eigenvalue weighted by Gasteiger charge is -2.13. The number of carbonyl (C=O) groups excluding carboxylic acids is 2. The van der Waals surface area contributed by atoms with Crippen molar-refractivity contribution in [2.45, 2.75) is 26.6 Å². The van der Waals surface area contributed by atoms with Crippen LogP contribution in [0.1, 0.15) is 43.5 Å². The van der Waals surface area contributed by atoms with Gasteiger partial charge in [0.1, 0.15) is 5.69 Å². The summed E-state index contributed by atoms with van der Waals surface area (Å²) in [4.78, 5) is 33.2. The molecule has 0 unspecified atom stereocenters. The van der Waals surface area contributed by atoms with E-state index in [9.17, 15) is 22.8 Å². The minimum Gasteiger partial charge on any atom is -0.395 e. The number of nitrogens with zero attached hydrogens (tertiary/aromatic N) is 4. The van der Waals surface area contributed by atoms with Crippen molar-refractivity contribution in [1.29, 1.82) is 0 Å². The topological polar surface area (TPSA) is 122 Å². The number of pyridine rings is 2. The van der Waals surface area contributed by atoms with E-state index >= 15 is 0 Å². The normalized spacial score (nSPS) is 11.6. The molecule has 2 amide bonds. The number of benzene rings is 1. The van der Waals surface area contributed by atoms with Gasteiger partial charge in [0.15, 0.2) is 0 Å². The fraction of sp³-hybridized carbons (Fsp3) is 0.240. The summed E-state index contributed by atoms with van der Waals surface area (Å²) in [6.45, 7) is 3.57. The van der Waals surface area contributed by atoms with Crippen LogP contribution in [0.25, 0.3) is 10.9 Å². The molecule has 0 radical (unpaired) electrons. The Balaban J connectivity index is 1.60. The van der Waals surface area contributed by atoms with Gasteiger partial charge in [-0.3, -0.25) is 19.3 Å². The Hall–Kier alpha value is -3.84. The average Bonchev–Trinajstić information content (AvgIpc) is 3.13. The number of anilines is 1. The maximum absolute atomic E-state index is 13.5. The van der Waals surface area contributed by atoms with Crippen molar-refractivity contribution in [3.63, 3.8) is 0 Å². The number of halogens is 4. The first-order valence-electron chi connectivity index (χ1n) is 11.3. The van der Waals surface area contributed by atoms with Crippen LogP contribution in [-0.4, -0.2) is 49.8 Å². The van der Waals surface area contributed by atoms with Crippen molar-refractivity contribution in [2.24, 2.45) is 0 Å². The number of aliphatic hydroxyl groups is 1. The molecule has 9 nitrogen and oxygen atoms in total. The van der Waals surface area contributed by atoms with Gasteiger partial charge < -0.3 is 15.7 Å². The maximum Gasteiger partial charge on any atom is 0.433 e. The first kappa shape index (κ1) is 27.2. The lowest BCUT2D eigenvalue weighted by molar-refractivity contribution is -0.141. The van der Waals surface area contributed by atoms with E-state index in [1.54, 1.807) is 42.8 Å². The molecular weight excluding hydrogens is 569 g/mol. The van der Waals surface area contributed by atoms with Gasteiger partial charge in [-0.2, -0.15) is 18.3 Å². The maximum atomic E-state index is 13.5. The first-order valence-corrected chi connectivity index (χ1v) is 12.1. The van der Waals surface area contributed by atoms with Crippen LogP contribution in [-0.2, 0) is 12.7 Å². The lowest BCUT2D eigenvalue weighted by Crippen LogP contribution is -2.26. The molecule has 4 aromatic rings. The average molecular weight is 591 g/mol. The van der Waals surface area contributed by atoms with Gasteiger partial charge in [-0.05, 0) is 50.2 Å². The number of nitrogens with one attached hydrogen (secondary N) is 2. The molecule has 4 rings (SSSR count). The zero-order valence-corrected chi connectivity index (χ0v) is 21.8. The fourth-order valence-corrected chi connectivity index (χ4v) is 4.18. The van der Waals surface area contributed by atoms with Crippen LogP contribution in [0, 0.1) is 13.8 Å². The highest BCUT2D eigenvalue weighted by Gasteiger charge is 2.34. The second-order valence-electron chi connectivity index (χ2n) is 8.39. The summed E-state index contributed by atoms with van der Waals surface area (Å²) in [7, 11) is 0. The number of rotatable bonds is 7. The van der Waals surface area contributed by atoms with Gasteiger partial charge >= 0.3 is 6.18 Å². The number of aryl methyl sites for hydroxylation is 1. The Morgan fingerprint density at radius 1 is 1.11 bits per heavy atom. The third-order valence-corrected chi connectivity index (χ3v) is 6.22. The highest BCUT2D eigenvalue weighted by molar-refractivity contribution is 9.10. The van der Waals surface area contributed by atoms with Crippen molar-refractivity contribution in [1.82, 2.24) is 25.1 Å². The first-order chi connectivity index (χ1) is 18.0. The van der Waals surface area contributed by atoms with Gasteiger partial charge in [-0.25, -0.2) is 4.98 Å². The number of hydrogen-bond donors (Lipinski definition) is 3. The number of aliphatic hydroxyl groups excluding tert-OH is 1. The van der Waals surface area contributed by atoms with Crippen LogP contribution in [0.4, 0.5) is 18.9 Å². The van der Waals surface area contributed by atoms with Crippen LogP contribution in [0.15, 0.2) is 47.1 Å². The molecule has 3 N–H and O–H groups in total. The third kappa shape index (κ3) is 5.83. The van der Waals surface area contributed by atoms with E-state index in [2.05, 4.69) is 41.6 Å². The largest absolute Gasteiger partial charge is 0.433 e. The molecule has 0 bridgehead atoms. The van der Waals surface area contributed by atoms with Crippen LogP contribution in [0.2, 0.25) is 0 Å². The number of amides is 2. The highest BCUT2D eigenvalue weighted by atomic mass is 79.9. The summed E-state index contributed by atoms with van der Waals surface area (Å²) in [6, 6.07) is 8.49. The second kappa shape index (κ2) is 10.9. The molecule has 0 fully saturated rings.